The molecule has 4 rings (SSSR count). The predicted molar refractivity (Wildman–Crippen MR) is 126 cm³/mol. The maximum Gasteiger partial charge on any atom is 0.209 e. The molecule has 0 fully saturated rings. The minimum absolute atomic E-state index is 0.505. The molecule has 31 heavy (non-hydrogen) atoms. The molecule has 0 spiro atoms. The number of aryl methyl sites for hydroxylation is 1. The fraction of sp³-hybridized carbons (Fsp3) is 0.261. The number of rotatable bonds is 10. The molecule has 3 aromatic carbocycles. The number of hydrogen-bond acceptors (Lipinski definition) is 6. The van der Waals surface area contributed by atoms with Crippen molar-refractivity contribution in [3.8, 4) is 5.75 Å². The van der Waals surface area contributed by atoms with Gasteiger partial charge in [-0.25, -0.2) is 4.68 Å². The molecular weight excluding hydrogens is 430 g/mol. The van der Waals surface area contributed by atoms with Gasteiger partial charge in [-0.2, -0.15) is 0 Å². The van der Waals surface area contributed by atoms with Crippen LogP contribution in [0.25, 0.3) is 10.8 Å². The van der Waals surface area contributed by atoms with Crippen molar-refractivity contribution >= 4 is 34.1 Å². The molecule has 0 aliphatic carbocycles. The number of halogens is 1. The molecular formula is C23H24ClN5OS. The smallest absolute Gasteiger partial charge is 0.209 e. The first-order valence-corrected chi connectivity index (χ1v) is 11.5. The molecule has 0 bridgehead atoms. The second-order valence-corrected chi connectivity index (χ2v) is 8.64. The number of tetrazole rings is 1. The van der Waals surface area contributed by atoms with Crippen molar-refractivity contribution in [1.29, 1.82) is 0 Å². The normalized spacial score (nSPS) is 11.2. The molecule has 0 saturated carbocycles. The van der Waals surface area contributed by atoms with Crippen LogP contribution in [0.1, 0.15) is 17.5 Å². The zero-order valence-electron chi connectivity index (χ0n) is 17.3. The first-order valence-electron chi connectivity index (χ1n) is 10.1. The Balaban J connectivity index is 1.38. The zero-order chi connectivity index (χ0) is 21.5. The van der Waals surface area contributed by atoms with Gasteiger partial charge in [0.05, 0.1) is 0 Å². The van der Waals surface area contributed by atoms with Gasteiger partial charge in [-0.3, -0.25) is 0 Å². The maximum absolute atomic E-state index is 6.20. The lowest BCUT2D eigenvalue weighted by Gasteiger charge is -2.15. The van der Waals surface area contributed by atoms with Gasteiger partial charge in [0.15, 0.2) is 0 Å². The van der Waals surface area contributed by atoms with Crippen molar-refractivity contribution in [3.63, 3.8) is 0 Å². The fourth-order valence-corrected chi connectivity index (χ4v) is 4.21. The van der Waals surface area contributed by atoms with Crippen LogP contribution in [0, 0.1) is 0 Å². The SMILES string of the molecule is Cn1nnnc1SCCCNCc1c(OCc2ccc(Cl)cc2)ccc2ccccc12. The van der Waals surface area contributed by atoms with Gasteiger partial charge < -0.3 is 10.1 Å². The maximum atomic E-state index is 6.20. The number of aromatic nitrogens is 4. The van der Waals surface area contributed by atoms with E-state index < -0.39 is 0 Å². The minimum atomic E-state index is 0.505. The van der Waals surface area contributed by atoms with E-state index in [1.165, 1.54) is 16.3 Å². The standard InChI is InChI=1S/C23H24ClN5OS/c1-29-23(26-27-28-29)31-14-4-13-25-15-21-20-6-3-2-5-18(20)9-12-22(21)30-16-17-7-10-19(24)11-8-17/h2-3,5-12,25H,4,13-16H2,1H3. The van der Waals surface area contributed by atoms with Crippen molar-refractivity contribution in [2.45, 2.75) is 24.7 Å². The van der Waals surface area contributed by atoms with E-state index in [1.54, 1.807) is 16.4 Å². The summed E-state index contributed by atoms with van der Waals surface area (Å²) in [6, 6.07) is 20.3. The first kappa shape index (κ1) is 21.6. The summed E-state index contributed by atoms with van der Waals surface area (Å²) in [5, 5.41) is 19.1. The summed E-state index contributed by atoms with van der Waals surface area (Å²) < 4.78 is 7.89. The lowest BCUT2D eigenvalue weighted by atomic mass is 10.0. The molecule has 0 amide bonds. The summed E-state index contributed by atoms with van der Waals surface area (Å²) in [6.45, 7) is 2.15. The van der Waals surface area contributed by atoms with Crippen LogP contribution in [0.5, 0.6) is 5.75 Å². The van der Waals surface area contributed by atoms with E-state index in [0.29, 0.717) is 6.61 Å². The monoisotopic (exact) mass is 453 g/mol. The van der Waals surface area contributed by atoms with Gasteiger partial charge in [-0.05, 0) is 57.9 Å². The highest BCUT2D eigenvalue weighted by Crippen LogP contribution is 2.29. The van der Waals surface area contributed by atoms with Crippen molar-refractivity contribution in [1.82, 2.24) is 25.5 Å². The lowest BCUT2D eigenvalue weighted by molar-refractivity contribution is 0.303. The van der Waals surface area contributed by atoms with Crippen LogP contribution in [0.15, 0.2) is 65.8 Å². The molecule has 0 aliphatic heterocycles. The topological polar surface area (TPSA) is 64.9 Å². The number of nitrogens with one attached hydrogen (secondary N) is 1. The Morgan fingerprint density at radius 3 is 2.71 bits per heavy atom. The summed E-state index contributed by atoms with van der Waals surface area (Å²) in [5.41, 5.74) is 2.27. The van der Waals surface area contributed by atoms with Crippen molar-refractivity contribution < 1.29 is 4.74 Å². The van der Waals surface area contributed by atoms with Crippen LogP contribution in [0.3, 0.4) is 0 Å². The highest BCUT2D eigenvalue weighted by molar-refractivity contribution is 7.99. The zero-order valence-corrected chi connectivity index (χ0v) is 18.9. The first-order chi connectivity index (χ1) is 15.2. The van der Waals surface area contributed by atoms with Gasteiger partial charge in [0.2, 0.25) is 5.16 Å². The van der Waals surface area contributed by atoms with Crippen LogP contribution < -0.4 is 10.1 Å². The Morgan fingerprint density at radius 2 is 1.90 bits per heavy atom. The third-order valence-electron chi connectivity index (χ3n) is 4.92. The van der Waals surface area contributed by atoms with E-state index in [9.17, 15) is 0 Å². The predicted octanol–water partition coefficient (Wildman–Crippen LogP) is 4.87. The van der Waals surface area contributed by atoms with Crippen molar-refractivity contribution in [2.24, 2.45) is 7.05 Å². The average molecular weight is 454 g/mol. The molecule has 0 saturated heterocycles. The number of fused-ring (bicyclic) bond motifs is 1. The molecule has 6 nitrogen and oxygen atoms in total. The fourth-order valence-electron chi connectivity index (χ4n) is 3.29. The quantitative estimate of drug-likeness (QED) is 0.273. The molecule has 0 aliphatic rings. The second kappa shape index (κ2) is 10.6. The molecule has 0 radical (unpaired) electrons. The van der Waals surface area contributed by atoms with E-state index in [4.69, 9.17) is 16.3 Å². The third kappa shape index (κ3) is 5.76. The lowest BCUT2D eigenvalue weighted by Crippen LogP contribution is -2.16. The van der Waals surface area contributed by atoms with Gasteiger partial charge in [-0.1, -0.05) is 65.8 Å². The van der Waals surface area contributed by atoms with Crippen LogP contribution in [-0.4, -0.2) is 32.5 Å². The van der Waals surface area contributed by atoms with Crippen LogP contribution in [0.2, 0.25) is 5.02 Å². The van der Waals surface area contributed by atoms with E-state index >= 15 is 0 Å². The Labute approximate surface area is 190 Å². The molecule has 1 heterocycles. The van der Waals surface area contributed by atoms with E-state index in [1.807, 2.05) is 31.3 Å². The number of hydrogen-bond donors (Lipinski definition) is 1. The van der Waals surface area contributed by atoms with Crippen LogP contribution >= 0.6 is 23.4 Å². The Bertz CT molecular complexity index is 1130. The van der Waals surface area contributed by atoms with Crippen molar-refractivity contribution in [2.75, 3.05) is 12.3 Å². The van der Waals surface area contributed by atoms with Gasteiger partial charge in [-0.15, -0.1) is 5.10 Å². The number of ether oxygens (including phenoxy) is 1. The Kier molecular flexibility index (Phi) is 7.40. The minimum Gasteiger partial charge on any atom is -0.489 e. The highest BCUT2D eigenvalue weighted by Gasteiger charge is 2.09. The van der Waals surface area contributed by atoms with E-state index in [-0.39, 0.29) is 0 Å². The summed E-state index contributed by atoms with van der Waals surface area (Å²) in [6.07, 6.45) is 1.02. The van der Waals surface area contributed by atoms with E-state index in [0.717, 1.165) is 46.8 Å². The van der Waals surface area contributed by atoms with Gasteiger partial charge in [0, 0.05) is 29.9 Å². The summed E-state index contributed by atoms with van der Waals surface area (Å²) >= 11 is 7.65. The Hall–Kier alpha value is -2.61. The molecule has 0 atom stereocenters. The summed E-state index contributed by atoms with van der Waals surface area (Å²) in [4.78, 5) is 0. The van der Waals surface area contributed by atoms with E-state index in [2.05, 4.69) is 57.2 Å². The molecule has 0 unspecified atom stereocenters. The average Bonchev–Trinajstić information content (AvgIpc) is 3.20. The van der Waals surface area contributed by atoms with Gasteiger partial charge >= 0.3 is 0 Å². The highest BCUT2D eigenvalue weighted by atomic mass is 35.5. The van der Waals surface area contributed by atoms with Crippen molar-refractivity contribution in [3.05, 3.63) is 76.8 Å². The third-order valence-corrected chi connectivity index (χ3v) is 6.27. The number of thioether (sulfide) groups is 1. The second-order valence-electron chi connectivity index (χ2n) is 7.14. The largest absolute Gasteiger partial charge is 0.489 e. The summed E-state index contributed by atoms with van der Waals surface area (Å²) in [5.74, 6) is 1.86. The molecule has 4 aromatic rings. The molecule has 1 aromatic heterocycles. The number of benzene rings is 3. The van der Waals surface area contributed by atoms with Crippen LogP contribution in [-0.2, 0) is 20.2 Å². The number of nitrogens with zero attached hydrogens (tertiary/aromatic N) is 4. The molecule has 160 valence electrons. The van der Waals surface area contributed by atoms with Gasteiger partial charge in [0.1, 0.15) is 12.4 Å². The molecule has 8 heteroatoms. The molecule has 1 N–H and O–H groups in total. The van der Waals surface area contributed by atoms with Crippen LogP contribution in [0.4, 0.5) is 0 Å². The summed E-state index contributed by atoms with van der Waals surface area (Å²) in [7, 11) is 1.85. The van der Waals surface area contributed by atoms with Gasteiger partial charge in [0.25, 0.3) is 0 Å². The Morgan fingerprint density at radius 1 is 1.06 bits per heavy atom.